The van der Waals surface area contributed by atoms with Crippen molar-refractivity contribution in [3.8, 4) is 0 Å². The Hall–Kier alpha value is -1.33. The molecule has 16 heavy (non-hydrogen) atoms. The summed E-state index contributed by atoms with van der Waals surface area (Å²) in [6, 6.07) is 1.36. The van der Waals surface area contributed by atoms with E-state index in [1.807, 2.05) is 0 Å². The number of carbonyl (C=O) groups excluding carboxylic acids is 1. The average Bonchev–Trinajstić information content (AvgIpc) is 2.30. The summed E-state index contributed by atoms with van der Waals surface area (Å²) in [5.41, 5.74) is 5.00. The summed E-state index contributed by atoms with van der Waals surface area (Å²) in [5, 5.41) is 0. The van der Waals surface area contributed by atoms with Crippen molar-refractivity contribution in [1.82, 2.24) is 4.98 Å². The van der Waals surface area contributed by atoms with E-state index in [0.717, 1.165) is 6.20 Å². The van der Waals surface area contributed by atoms with E-state index in [-0.39, 0.29) is 11.3 Å². The van der Waals surface area contributed by atoms with Crippen molar-refractivity contribution in [2.75, 3.05) is 13.2 Å². The number of rotatable bonds is 2. The topological polar surface area (TPSA) is 65.2 Å². The molecule has 0 aromatic carbocycles. The first-order valence-corrected chi connectivity index (χ1v) is 5.14. The fourth-order valence-corrected chi connectivity index (χ4v) is 1.79. The lowest BCUT2D eigenvalue weighted by molar-refractivity contribution is 0.0445. The number of ketones is 1. The van der Waals surface area contributed by atoms with Crippen LogP contribution < -0.4 is 5.73 Å². The van der Waals surface area contributed by atoms with Crippen LogP contribution in [-0.4, -0.2) is 29.5 Å². The number of aromatic nitrogens is 1. The lowest BCUT2D eigenvalue weighted by Crippen LogP contribution is -2.52. The zero-order valence-corrected chi connectivity index (χ0v) is 8.78. The van der Waals surface area contributed by atoms with Gasteiger partial charge in [-0.1, -0.05) is 0 Å². The molecule has 2 N–H and O–H groups in total. The van der Waals surface area contributed by atoms with Crippen molar-refractivity contribution in [3.05, 3.63) is 29.8 Å². The number of hydrogen-bond donors (Lipinski definition) is 1. The summed E-state index contributed by atoms with van der Waals surface area (Å²) in [6.45, 7) is 0.879. The first-order chi connectivity index (χ1) is 7.63. The predicted octanol–water partition coefficient (Wildman–Crippen LogP) is 0.911. The summed E-state index contributed by atoms with van der Waals surface area (Å²) in [5.74, 6) is -0.987. The first kappa shape index (κ1) is 11.2. The van der Waals surface area contributed by atoms with Crippen LogP contribution in [0.3, 0.4) is 0 Å². The second-order valence-electron chi connectivity index (χ2n) is 3.95. The molecule has 4 nitrogen and oxygen atoms in total. The van der Waals surface area contributed by atoms with Gasteiger partial charge >= 0.3 is 0 Å². The summed E-state index contributed by atoms with van der Waals surface area (Å²) in [7, 11) is 0. The molecule has 0 bridgehead atoms. The Morgan fingerprint density at radius 1 is 1.50 bits per heavy atom. The number of Topliss-reactive ketones (excluding diaryl/α,β-unsaturated/α-hetero) is 1. The number of nitrogens with two attached hydrogens (primary N) is 1. The van der Waals surface area contributed by atoms with Crippen LogP contribution in [0.2, 0.25) is 0 Å². The van der Waals surface area contributed by atoms with Crippen LogP contribution in [0.1, 0.15) is 23.2 Å². The number of ether oxygens (including phenoxy) is 1. The van der Waals surface area contributed by atoms with Gasteiger partial charge in [-0.2, -0.15) is 0 Å². The van der Waals surface area contributed by atoms with E-state index in [1.54, 1.807) is 0 Å². The van der Waals surface area contributed by atoms with Crippen molar-refractivity contribution >= 4 is 5.78 Å². The first-order valence-electron chi connectivity index (χ1n) is 5.14. The fourth-order valence-electron chi connectivity index (χ4n) is 1.79. The van der Waals surface area contributed by atoms with E-state index in [4.69, 9.17) is 10.5 Å². The molecular weight excluding hydrogens is 211 g/mol. The highest BCUT2D eigenvalue weighted by molar-refractivity contribution is 6.03. The molecule has 86 valence electrons. The van der Waals surface area contributed by atoms with Gasteiger partial charge < -0.3 is 10.5 Å². The Bertz CT molecular complexity index is 403. The average molecular weight is 224 g/mol. The molecule has 2 rings (SSSR count). The molecular formula is C11H13FN2O2. The minimum Gasteiger partial charge on any atom is -0.381 e. The van der Waals surface area contributed by atoms with E-state index in [2.05, 4.69) is 4.98 Å². The van der Waals surface area contributed by atoms with E-state index >= 15 is 0 Å². The summed E-state index contributed by atoms with van der Waals surface area (Å²) in [4.78, 5) is 15.7. The molecule has 0 atom stereocenters. The number of halogens is 1. The molecule has 1 fully saturated rings. The molecule has 0 unspecified atom stereocenters. The van der Waals surface area contributed by atoms with Gasteiger partial charge in [-0.25, -0.2) is 4.39 Å². The second-order valence-corrected chi connectivity index (χ2v) is 3.95. The maximum atomic E-state index is 13.4. The third kappa shape index (κ3) is 1.96. The zero-order valence-electron chi connectivity index (χ0n) is 8.78. The van der Waals surface area contributed by atoms with Crippen LogP contribution in [0.15, 0.2) is 18.5 Å². The third-order valence-corrected chi connectivity index (χ3v) is 2.85. The quantitative estimate of drug-likeness (QED) is 0.758. The van der Waals surface area contributed by atoms with Crippen LogP contribution in [0.5, 0.6) is 0 Å². The van der Waals surface area contributed by atoms with Gasteiger partial charge in [0.15, 0.2) is 11.6 Å². The minimum absolute atomic E-state index is 0.0133. The third-order valence-electron chi connectivity index (χ3n) is 2.85. The maximum Gasteiger partial charge on any atom is 0.185 e. The molecule has 1 aromatic rings. The summed E-state index contributed by atoms with van der Waals surface area (Å²) >= 11 is 0. The summed E-state index contributed by atoms with van der Waals surface area (Å²) < 4.78 is 18.5. The van der Waals surface area contributed by atoms with Crippen LogP contribution in [-0.2, 0) is 4.74 Å². The molecule has 0 saturated carbocycles. The standard InChI is InChI=1S/C11H13FN2O2/c12-9-7-14-4-1-8(9)10(15)11(13)2-5-16-6-3-11/h1,4,7H,2-3,5-6,13H2. The largest absolute Gasteiger partial charge is 0.381 e. The van der Waals surface area contributed by atoms with Crippen LogP contribution >= 0.6 is 0 Å². The Balaban J connectivity index is 2.28. The highest BCUT2D eigenvalue weighted by atomic mass is 19.1. The molecule has 1 aliphatic heterocycles. The van der Waals surface area contributed by atoms with Gasteiger partial charge in [0, 0.05) is 19.4 Å². The lowest BCUT2D eigenvalue weighted by atomic mass is 9.83. The van der Waals surface area contributed by atoms with Crippen molar-refractivity contribution in [2.45, 2.75) is 18.4 Å². The molecule has 5 heteroatoms. The monoisotopic (exact) mass is 224 g/mol. The molecule has 1 saturated heterocycles. The number of hydrogen-bond acceptors (Lipinski definition) is 4. The van der Waals surface area contributed by atoms with Gasteiger partial charge in [-0.15, -0.1) is 0 Å². The highest BCUT2D eigenvalue weighted by Gasteiger charge is 2.37. The number of carbonyl (C=O) groups is 1. The number of nitrogens with zero attached hydrogens (tertiary/aromatic N) is 1. The van der Waals surface area contributed by atoms with E-state index in [0.29, 0.717) is 26.1 Å². The van der Waals surface area contributed by atoms with Crippen molar-refractivity contribution in [3.63, 3.8) is 0 Å². The summed E-state index contributed by atoms with van der Waals surface area (Å²) in [6.07, 6.45) is 3.26. The molecule has 0 radical (unpaired) electrons. The van der Waals surface area contributed by atoms with Crippen LogP contribution in [0.4, 0.5) is 4.39 Å². The highest BCUT2D eigenvalue weighted by Crippen LogP contribution is 2.23. The van der Waals surface area contributed by atoms with Crippen LogP contribution in [0.25, 0.3) is 0 Å². The van der Waals surface area contributed by atoms with Gasteiger partial charge in [-0.3, -0.25) is 9.78 Å². The fraction of sp³-hybridized carbons (Fsp3) is 0.455. The minimum atomic E-state index is -1.000. The van der Waals surface area contributed by atoms with Gasteiger partial charge in [0.2, 0.25) is 0 Å². The van der Waals surface area contributed by atoms with Gasteiger partial charge in [-0.05, 0) is 18.9 Å². The smallest absolute Gasteiger partial charge is 0.185 e. The van der Waals surface area contributed by atoms with Crippen LogP contribution in [0, 0.1) is 5.82 Å². The van der Waals surface area contributed by atoms with Gasteiger partial charge in [0.25, 0.3) is 0 Å². The van der Waals surface area contributed by atoms with E-state index in [1.165, 1.54) is 12.3 Å². The zero-order chi connectivity index (χ0) is 11.6. The number of pyridine rings is 1. The Morgan fingerprint density at radius 3 is 2.81 bits per heavy atom. The molecule has 0 amide bonds. The lowest BCUT2D eigenvalue weighted by Gasteiger charge is -2.31. The molecule has 1 aliphatic rings. The van der Waals surface area contributed by atoms with E-state index in [9.17, 15) is 9.18 Å². The van der Waals surface area contributed by atoms with Gasteiger partial charge in [0.1, 0.15) is 0 Å². The second kappa shape index (κ2) is 4.27. The van der Waals surface area contributed by atoms with E-state index < -0.39 is 11.4 Å². The molecule has 1 aromatic heterocycles. The van der Waals surface area contributed by atoms with Crippen molar-refractivity contribution < 1.29 is 13.9 Å². The molecule has 2 heterocycles. The van der Waals surface area contributed by atoms with Gasteiger partial charge in [0.05, 0.1) is 17.3 Å². The Labute approximate surface area is 92.6 Å². The molecule has 0 spiro atoms. The maximum absolute atomic E-state index is 13.4. The van der Waals surface area contributed by atoms with Crippen molar-refractivity contribution in [2.24, 2.45) is 5.73 Å². The predicted molar refractivity (Wildman–Crippen MR) is 55.5 cm³/mol. The SMILES string of the molecule is NC1(C(=O)c2ccncc2F)CCOCC1. The Kier molecular flexibility index (Phi) is 2.98. The molecule has 0 aliphatic carbocycles. The Morgan fingerprint density at radius 2 is 2.19 bits per heavy atom. The normalized spacial score (nSPS) is 19.4. The van der Waals surface area contributed by atoms with Crippen molar-refractivity contribution in [1.29, 1.82) is 0 Å².